The van der Waals surface area contributed by atoms with Crippen LogP contribution in [0.5, 0.6) is 0 Å². The Hall–Kier alpha value is -0.570. The van der Waals surface area contributed by atoms with Gasteiger partial charge in [-0.15, -0.1) is 0 Å². The summed E-state index contributed by atoms with van der Waals surface area (Å²) in [6, 6.07) is 0.291. The molecule has 0 bridgehead atoms. The fourth-order valence-corrected chi connectivity index (χ4v) is 1.73. The second-order valence-electron chi connectivity index (χ2n) is 3.49. The molecule has 1 aliphatic rings. The molecule has 3 nitrogen and oxygen atoms in total. The average molecular weight is 171 g/mol. The van der Waals surface area contributed by atoms with E-state index in [2.05, 4.69) is 0 Å². The molecule has 0 aromatic heterocycles. The van der Waals surface area contributed by atoms with Gasteiger partial charge in [-0.25, -0.2) is 0 Å². The number of rotatable bonds is 1. The Balaban J connectivity index is 2.40. The molecule has 1 fully saturated rings. The third-order valence-corrected chi connectivity index (χ3v) is 2.55. The summed E-state index contributed by atoms with van der Waals surface area (Å²) >= 11 is 0. The lowest BCUT2D eigenvalue weighted by molar-refractivity contribution is -0.145. The van der Waals surface area contributed by atoms with Crippen LogP contribution in [0.25, 0.3) is 0 Å². The average Bonchev–Trinajstić information content (AvgIpc) is 2.29. The molecule has 1 aliphatic carbocycles. The Morgan fingerprint density at radius 2 is 2.08 bits per heavy atom. The van der Waals surface area contributed by atoms with E-state index in [1.807, 2.05) is 0 Å². The van der Waals surface area contributed by atoms with E-state index in [-0.39, 0.29) is 11.9 Å². The van der Waals surface area contributed by atoms with Gasteiger partial charge in [0.05, 0.1) is 13.0 Å². The molecule has 2 unspecified atom stereocenters. The first-order valence-corrected chi connectivity index (χ1v) is 4.57. The number of hydrogen-bond donors (Lipinski definition) is 1. The lowest BCUT2D eigenvalue weighted by Gasteiger charge is -2.10. The largest absolute Gasteiger partial charge is 0.469 e. The maximum Gasteiger partial charge on any atom is 0.308 e. The van der Waals surface area contributed by atoms with Gasteiger partial charge in [0.2, 0.25) is 0 Å². The van der Waals surface area contributed by atoms with E-state index in [1.165, 1.54) is 7.11 Å². The fourth-order valence-electron chi connectivity index (χ4n) is 1.73. The number of carbonyl (C=O) groups is 1. The van der Waals surface area contributed by atoms with Crippen LogP contribution >= 0.6 is 0 Å². The number of carbonyl (C=O) groups excluding carboxylic acids is 1. The molecule has 2 N–H and O–H groups in total. The summed E-state index contributed by atoms with van der Waals surface area (Å²) in [5.41, 5.74) is 5.79. The van der Waals surface area contributed by atoms with Gasteiger partial charge in [-0.3, -0.25) is 4.79 Å². The quantitative estimate of drug-likeness (QED) is 0.474. The lowest BCUT2D eigenvalue weighted by atomic mass is 10.0. The fraction of sp³-hybridized carbons (Fsp3) is 0.889. The van der Waals surface area contributed by atoms with Gasteiger partial charge in [-0.1, -0.05) is 6.42 Å². The van der Waals surface area contributed by atoms with Crippen molar-refractivity contribution in [2.75, 3.05) is 7.11 Å². The van der Waals surface area contributed by atoms with Crippen molar-refractivity contribution in [1.29, 1.82) is 0 Å². The molecule has 0 aliphatic heterocycles. The van der Waals surface area contributed by atoms with Crippen molar-refractivity contribution in [3.8, 4) is 0 Å². The molecule has 0 aromatic carbocycles. The van der Waals surface area contributed by atoms with E-state index in [0.717, 1.165) is 32.1 Å². The van der Waals surface area contributed by atoms with Gasteiger partial charge in [0, 0.05) is 6.04 Å². The Labute approximate surface area is 73.3 Å². The van der Waals surface area contributed by atoms with Crippen molar-refractivity contribution in [2.45, 2.75) is 38.1 Å². The van der Waals surface area contributed by atoms with Crippen molar-refractivity contribution >= 4 is 5.97 Å². The normalized spacial score (nSPS) is 30.8. The highest BCUT2D eigenvalue weighted by molar-refractivity contribution is 5.72. The van der Waals surface area contributed by atoms with E-state index >= 15 is 0 Å². The SMILES string of the molecule is COC(=O)C1CCCC(N)CC1. The van der Waals surface area contributed by atoms with Gasteiger partial charge in [0.1, 0.15) is 0 Å². The molecule has 70 valence electrons. The summed E-state index contributed by atoms with van der Waals surface area (Å²) in [4.78, 5) is 11.2. The molecule has 0 spiro atoms. The van der Waals surface area contributed by atoms with Crippen LogP contribution in [0.4, 0.5) is 0 Å². The Morgan fingerprint density at radius 1 is 1.33 bits per heavy atom. The van der Waals surface area contributed by atoms with Gasteiger partial charge in [0.25, 0.3) is 0 Å². The second-order valence-corrected chi connectivity index (χ2v) is 3.49. The topological polar surface area (TPSA) is 52.3 Å². The van der Waals surface area contributed by atoms with Crippen LogP contribution in [0, 0.1) is 5.92 Å². The molecule has 3 heteroatoms. The van der Waals surface area contributed by atoms with E-state index in [9.17, 15) is 4.79 Å². The van der Waals surface area contributed by atoms with Gasteiger partial charge in [-0.2, -0.15) is 0 Å². The third kappa shape index (κ3) is 2.48. The first-order valence-electron chi connectivity index (χ1n) is 4.57. The summed E-state index contributed by atoms with van der Waals surface area (Å²) in [6.45, 7) is 0. The number of nitrogens with two attached hydrogens (primary N) is 1. The highest BCUT2D eigenvalue weighted by Gasteiger charge is 2.22. The van der Waals surface area contributed by atoms with E-state index in [1.54, 1.807) is 0 Å². The van der Waals surface area contributed by atoms with Crippen LogP contribution in [0.3, 0.4) is 0 Å². The van der Waals surface area contributed by atoms with E-state index < -0.39 is 0 Å². The second kappa shape index (κ2) is 4.45. The number of methoxy groups -OCH3 is 1. The molecule has 0 amide bonds. The van der Waals surface area contributed by atoms with Crippen molar-refractivity contribution in [2.24, 2.45) is 11.7 Å². The lowest BCUT2D eigenvalue weighted by Crippen LogP contribution is -2.19. The zero-order chi connectivity index (χ0) is 8.97. The van der Waals surface area contributed by atoms with E-state index in [4.69, 9.17) is 10.5 Å². The highest BCUT2D eigenvalue weighted by atomic mass is 16.5. The third-order valence-electron chi connectivity index (χ3n) is 2.55. The summed E-state index contributed by atoms with van der Waals surface area (Å²) in [6.07, 6.45) is 4.91. The van der Waals surface area contributed by atoms with Crippen LogP contribution in [-0.2, 0) is 9.53 Å². The van der Waals surface area contributed by atoms with E-state index in [0.29, 0.717) is 6.04 Å². The van der Waals surface area contributed by atoms with Crippen molar-refractivity contribution in [3.05, 3.63) is 0 Å². The highest BCUT2D eigenvalue weighted by Crippen LogP contribution is 2.23. The van der Waals surface area contributed by atoms with Crippen LogP contribution in [-0.4, -0.2) is 19.1 Å². The van der Waals surface area contributed by atoms with Crippen LogP contribution in [0.2, 0.25) is 0 Å². The minimum atomic E-state index is -0.0656. The van der Waals surface area contributed by atoms with Gasteiger partial charge >= 0.3 is 5.97 Å². The van der Waals surface area contributed by atoms with Gasteiger partial charge < -0.3 is 10.5 Å². The summed E-state index contributed by atoms with van der Waals surface area (Å²) in [5, 5.41) is 0. The molecule has 0 saturated heterocycles. The molecular formula is C9H17NO2. The molecular weight excluding hydrogens is 154 g/mol. The predicted molar refractivity (Wildman–Crippen MR) is 46.6 cm³/mol. The smallest absolute Gasteiger partial charge is 0.308 e. The van der Waals surface area contributed by atoms with Crippen molar-refractivity contribution in [3.63, 3.8) is 0 Å². The Kier molecular flexibility index (Phi) is 3.53. The zero-order valence-electron chi connectivity index (χ0n) is 7.58. The van der Waals surface area contributed by atoms with Gasteiger partial charge in [-0.05, 0) is 25.7 Å². The van der Waals surface area contributed by atoms with Crippen molar-refractivity contribution in [1.82, 2.24) is 0 Å². The molecule has 0 aromatic rings. The van der Waals surface area contributed by atoms with Crippen molar-refractivity contribution < 1.29 is 9.53 Å². The first kappa shape index (κ1) is 9.52. The Morgan fingerprint density at radius 3 is 2.75 bits per heavy atom. The first-order chi connectivity index (χ1) is 5.74. The van der Waals surface area contributed by atoms with Crippen LogP contribution in [0.15, 0.2) is 0 Å². The number of esters is 1. The molecule has 1 saturated carbocycles. The standard InChI is InChI=1S/C9H17NO2/c1-12-9(11)7-3-2-4-8(10)6-5-7/h7-8H,2-6,10H2,1H3. The monoisotopic (exact) mass is 171 g/mol. The molecule has 0 heterocycles. The van der Waals surface area contributed by atoms with Crippen LogP contribution < -0.4 is 5.73 Å². The molecule has 1 rings (SSSR count). The molecule has 2 atom stereocenters. The summed E-state index contributed by atoms with van der Waals surface area (Å²) in [5.74, 6) is 0.0349. The maximum atomic E-state index is 11.2. The molecule has 0 radical (unpaired) electrons. The number of ether oxygens (including phenoxy) is 1. The zero-order valence-corrected chi connectivity index (χ0v) is 7.58. The molecule has 12 heavy (non-hydrogen) atoms. The maximum absolute atomic E-state index is 11.2. The summed E-state index contributed by atoms with van der Waals surface area (Å²) < 4.78 is 4.70. The van der Waals surface area contributed by atoms with Crippen LogP contribution in [0.1, 0.15) is 32.1 Å². The minimum absolute atomic E-state index is 0.0656. The summed E-state index contributed by atoms with van der Waals surface area (Å²) in [7, 11) is 1.45. The Bertz CT molecular complexity index is 159. The predicted octanol–water partition coefficient (Wildman–Crippen LogP) is 1.07. The van der Waals surface area contributed by atoms with Gasteiger partial charge in [0.15, 0.2) is 0 Å². The minimum Gasteiger partial charge on any atom is -0.469 e. The number of hydrogen-bond acceptors (Lipinski definition) is 3.